The van der Waals surface area contributed by atoms with Gasteiger partial charge in [0.2, 0.25) is 5.91 Å². The van der Waals surface area contributed by atoms with Crippen molar-refractivity contribution in [1.82, 2.24) is 14.9 Å². The quantitative estimate of drug-likeness (QED) is 0.449. The summed E-state index contributed by atoms with van der Waals surface area (Å²) in [6, 6.07) is 23.9. The minimum atomic E-state index is -0.159. The fourth-order valence-electron chi connectivity index (χ4n) is 3.49. The van der Waals surface area contributed by atoms with Crippen molar-refractivity contribution in [1.29, 1.82) is 0 Å². The van der Waals surface area contributed by atoms with Gasteiger partial charge in [-0.25, -0.2) is 4.98 Å². The van der Waals surface area contributed by atoms with Crippen molar-refractivity contribution in [2.45, 2.75) is 13.0 Å². The van der Waals surface area contributed by atoms with Gasteiger partial charge in [0.1, 0.15) is 18.1 Å². The summed E-state index contributed by atoms with van der Waals surface area (Å²) < 4.78 is 7.04. The molecular formula is C25H24N4O3. The number of fused-ring (bicyclic) bond motifs is 1. The van der Waals surface area contributed by atoms with E-state index in [-0.39, 0.29) is 18.4 Å². The number of anilines is 1. The van der Waals surface area contributed by atoms with E-state index >= 15 is 0 Å². The fraction of sp³-hybridized carbons (Fsp3) is 0.160. The molecule has 3 aromatic carbocycles. The van der Waals surface area contributed by atoms with Crippen LogP contribution in [0.4, 0.5) is 5.69 Å². The van der Waals surface area contributed by atoms with Gasteiger partial charge in [0.25, 0.3) is 5.91 Å². The van der Waals surface area contributed by atoms with Crippen LogP contribution in [-0.2, 0) is 17.8 Å². The summed E-state index contributed by atoms with van der Waals surface area (Å²) in [5.41, 5.74) is 2.99. The number of ether oxygens (including phenoxy) is 1. The number of methoxy groups -OCH3 is 1. The van der Waals surface area contributed by atoms with E-state index in [0.29, 0.717) is 24.2 Å². The van der Waals surface area contributed by atoms with Gasteiger partial charge in [-0.2, -0.15) is 0 Å². The van der Waals surface area contributed by atoms with Crippen LogP contribution in [0, 0.1) is 0 Å². The number of nitrogens with zero attached hydrogens (tertiary/aromatic N) is 2. The zero-order valence-electron chi connectivity index (χ0n) is 17.7. The molecular weight excluding hydrogens is 404 g/mol. The van der Waals surface area contributed by atoms with Gasteiger partial charge in [-0.15, -0.1) is 0 Å². The summed E-state index contributed by atoms with van der Waals surface area (Å²) >= 11 is 0. The van der Waals surface area contributed by atoms with Crippen molar-refractivity contribution in [3.63, 3.8) is 0 Å². The lowest BCUT2D eigenvalue weighted by molar-refractivity contribution is -0.116. The third-order valence-electron chi connectivity index (χ3n) is 5.08. The van der Waals surface area contributed by atoms with Crippen LogP contribution in [0.25, 0.3) is 11.0 Å². The first-order valence-corrected chi connectivity index (χ1v) is 10.4. The molecule has 0 fully saturated rings. The second-order valence-electron chi connectivity index (χ2n) is 7.25. The number of imidazole rings is 1. The molecule has 162 valence electrons. The molecule has 0 bridgehead atoms. The zero-order valence-corrected chi connectivity index (χ0v) is 17.7. The first kappa shape index (κ1) is 21.1. The molecule has 2 amide bonds. The maximum atomic E-state index is 12.7. The zero-order chi connectivity index (χ0) is 22.3. The molecule has 0 atom stereocenters. The van der Waals surface area contributed by atoms with Crippen molar-refractivity contribution >= 4 is 28.5 Å². The van der Waals surface area contributed by atoms with E-state index < -0.39 is 0 Å². The molecule has 0 aliphatic carbocycles. The second-order valence-corrected chi connectivity index (χ2v) is 7.25. The Balaban J connectivity index is 1.46. The van der Waals surface area contributed by atoms with Crippen LogP contribution in [0.3, 0.4) is 0 Å². The normalized spacial score (nSPS) is 10.7. The van der Waals surface area contributed by atoms with Crippen LogP contribution in [-0.4, -0.2) is 35.0 Å². The molecule has 32 heavy (non-hydrogen) atoms. The number of hydrogen-bond donors (Lipinski definition) is 2. The van der Waals surface area contributed by atoms with Crippen LogP contribution in [0.2, 0.25) is 0 Å². The Bertz CT molecular complexity index is 1220. The third kappa shape index (κ3) is 4.95. The molecule has 0 unspecified atom stereocenters. The molecule has 2 N–H and O–H groups in total. The molecule has 1 heterocycles. The van der Waals surface area contributed by atoms with Crippen LogP contribution in [0.5, 0.6) is 5.75 Å². The highest BCUT2D eigenvalue weighted by atomic mass is 16.5. The second kappa shape index (κ2) is 9.78. The Morgan fingerprint density at radius 2 is 1.66 bits per heavy atom. The van der Waals surface area contributed by atoms with Crippen LogP contribution >= 0.6 is 0 Å². The number of hydrogen-bond acceptors (Lipinski definition) is 4. The van der Waals surface area contributed by atoms with E-state index in [1.54, 1.807) is 43.5 Å². The lowest BCUT2D eigenvalue weighted by Crippen LogP contribution is -2.27. The highest BCUT2D eigenvalue weighted by Gasteiger charge is 2.14. The molecule has 4 aromatic rings. The molecule has 0 saturated heterocycles. The molecule has 7 nitrogen and oxygen atoms in total. The van der Waals surface area contributed by atoms with Gasteiger partial charge in [-0.1, -0.05) is 30.3 Å². The van der Waals surface area contributed by atoms with Crippen LogP contribution in [0.1, 0.15) is 16.2 Å². The highest BCUT2D eigenvalue weighted by molar-refractivity contribution is 5.94. The van der Waals surface area contributed by atoms with Gasteiger partial charge in [-0.3, -0.25) is 9.59 Å². The third-order valence-corrected chi connectivity index (χ3v) is 5.08. The van der Waals surface area contributed by atoms with Gasteiger partial charge in [0.15, 0.2) is 0 Å². The first-order chi connectivity index (χ1) is 15.6. The monoisotopic (exact) mass is 428 g/mol. The smallest absolute Gasteiger partial charge is 0.251 e. The number of nitrogens with one attached hydrogen (secondary N) is 2. The fourth-order valence-corrected chi connectivity index (χ4v) is 3.49. The predicted molar refractivity (Wildman–Crippen MR) is 124 cm³/mol. The summed E-state index contributed by atoms with van der Waals surface area (Å²) in [4.78, 5) is 29.7. The van der Waals surface area contributed by atoms with E-state index in [0.717, 1.165) is 22.6 Å². The van der Waals surface area contributed by atoms with E-state index in [1.165, 1.54) is 0 Å². The predicted octanol–water partition coefficient (Wildman–Crippen LogP) is 3.66. The number of carbonyl (C=O) groups excluding carboxylic acids is 2. The van der Waals surface area contributed by atoms with E-state index in [1.807, 2.05) is 47.0 Å². The maximum absolute atomic E-state index is 12.7. The van der Waals surface area contributed by atoms with Gasteiger partial charge in [0, 0.05) is 24.2 Å². The van der Waals surface area contributed by atoms with Crippen molar-refractivity contribution < 1.29 is 14.3 Å². The Hall–Kier alpha value is -4.13. The summed E-state index contributed by atoms with van der Waals surface area (Å²) in [6.07, 6.45) is 0.503. The molecule has 4 rings (SSSR count). The molecule has 0 saturated carbocycles. The lowest BCUT2D eigenvalue weighted by Gasteiger charge is -2.11. The lowest BCUT2D eigenvalue weighted by atomic mass is 10.2. The van der Waals surface area contributed by atoms with Crippen LogP contribution < -0.4 is 15.4 Å². The number of rotatable bonds is 8. The molecule has 0 aliphatic heterocycles. The van der Waals surface area contributed by atoms with Gasteiger partial charge < -0.3 is 19.9 Å². The minimum Gasteiger partial charge on any atom is -0.497 e. The molecule has 1 aromatic heterocycles. The number of benzene rings is 3. The maximum Gasteiger partial charge on any atom is 0.251 e. The van der Waals surface area contributed by atoms with Gasteiger partial charge >= 0.3 is 0 Å². The Morgan fingerprint density at radius 1 is 0.938 bits per heavy atom. The highest BCUT2D eigenvalue weighted by Crippen LogP contribution is 2.18. The van der Waals surface area contributed by atoms with E-state index in [2.05, 4.69) is 15.6 Å². The van der Waals surface area contributed by atoms with E-state index in [4.69, 9.17) is 4.74 Å². The van der Waals surface area contributed by atoms with Crippen molar-refractivity contribution in [3.8, 4) is 5.75 Å². The minimum absolute atomic E-state index is 0.120. The SMILES string of the molecule is COc1ccc(NC(=O)Cn2c(CCNC(=O)c3ccccc3)nc3ccccc32)cc1. The molecule has 0 radical (unpaired) electrons. The molecule has 0 spiro atoms. The summed E-state index contributed by atoms with van der Waals surface area (Å²) in [5, 5.41) is 5.82. The molecule has 0 aliphatic rings. The average molecular weight is 428 g/mol. The first-order valence-electron chi connectivity index (χ1n) is 10.4. The Labute approximate surface area is 186 Å². The van der Waals surface area contributed by atoms with Crippen molar-refractivity contribution in [2.75, 3.05) is 19.0 Å². The number of aromatic nitrogens is 2. The van der Waals surface area contributed by atoms with E-state index in [9.17, 15) is 9.59 Å². The Kier molecular flexibility index (Phi) is 6.46. The Morgan fingerprint density at radius 3 is 2.41 bits per heavy atom. The number of carbonyl (C=O) groups is 2. The largest absolute Gasteiger partial charge is 0.497 e. The number of para-hydroxylation sites is 2. The summed E-state index contributed by atoms with van der Waals surface area (Å²) in [7, 11) is 1.60. The standard InChI is InChI=1S/C25H24N4O3/c1-32-20-13-11-19(12-14-20)27-24(30)17-29-22-10-6-5-9-21(22)28-23(29)15-16-26-25(31)18-7-3-2-4-8-18/h2-14H,15-17H2,1H3,(H,26,31)(H,27,30). The summed E-state index contributed by atoms with van der Waals surface area (Å²) in [6.45, 7) is 0.533. The number of amides is 2. The van der Waals surface area contributed by atoms with Crippen molar-refractivity contribution in [3.05, 3.63) is 90.3 Å². The topological polar surface area (TPSA) is 85.2 Å². The van der Waals surface area contributed by atoms with Gasteiger partial charge in [0.05, 0.1) is 18.1 Å². The molecule has 7 heteroatoms. The van der Waals surface area contributed by atoms with Crippen LogP contribution in [0.15, 0.2) is 78.9 Å². The summed E-state index contributed by atoms with van der Waals surface area (Å²) in [5.74, 6) is 1.17. The average Bonchev–Trinajstić information content (AvgIpc) is 3.17. The van der Waals surface area contributed by atoms with Gasteiger partial charge in [-0.05, 0) is 48.5 Å². The van der Waals surface area contributed by atoms with Crippen molar-refractivity contribution in [2.24, 2.45) is 0 Å².